The SMILES string of the molecule is O=C(O)C1CC(c2ccc(-c3nc4ccc(C5(c6ccccc6)CC5)nc4s3)c(F)c2)CN1. The molecule has 3 heterocycles. The molecule has 2 aromatic carbocycles. The average molecular weight is 460 g/mol. The van der Waals surface area contributed by atoms with Gasteiger partial charge in [0.1, 0.15) is 27.2 Å². The molecular formula is C26H22FN3O2S. The van der Waals surface area contributed by atoms with Crippen LogP contribution in [0.4, 0.5) is 4.39 Å². The number of carboxylic acids is 1. The lowest BCUT2D eigenvalue weighted by atomic mass is 9.92. The molecule has 6 rings (SSSR count). The number of rotatable bonds is 5. The number of thiazole rings is 1. The lowest BCUT2D eigenvalue weighted by Crippen LogP contribution is -2.29. The Morgan fingerprint density at radius 1 is 1.09 bits per heavy atom. The van der Waals surface area contributed by atoms with Gasteiger partial charge in [-0.2, -0.15) is 0 Å². The molecule has 1 saturated heterocycles. The third-order valence-corrected chi connectivity index (χ3v) is 7.94. The summed E-state index contributed by atoms with van der Waals surface area (Å²) < 4.78 is 15.1. The molecule has 2 aromatic heterocycles. The first-order valence-corrected chi connectivity index (χ1v) is 11.9. The van der Waals surface area contributed by atoms with Gasteiger partial charge in [0.15, 0.2) is 0 Å². The number of aromatic nitrogens is 2. The van der Waals surface area contributed by atoms with Gasteiger partial charge in [0, 0.05) is 17.5 Å². The summed E-state index contributed by atoms with van der Waals surface area (Å²) in [5.41, 5.74) is 4.36. The van der Waals surface area contributed by atoms with Crippen LogP contribution in [0, 0.1) is 5.82 Å². The fourth-order valence-corrected chi connectivity index (χ4v) is 5.88. The van der Waals surface area contributed by atoms with Gasteiger partial charge in [-0.05, 0) is 60.6 Å². The van der Waals surface area contributed by atoms with Crippen LogP contribution in [0.5, 0.6) is 0 Å². The van der Waals surface area contributed by atoms with Gasteiger partial charge < -0.3 is 10.4 Å². The summed E-state index contributed by atoms with van der Waals surface area (Å²) in [5.74, 6) is -1.22. The Labute approximate surface area is 194 Å². The number of nitrogens with one attached hydrogen (secondary N) is 1. The van der Waals surface area contributed by atoms with Crippen molar-refractivity contribution in [1.82, 2.24) is 15.3 Å². The molecule has 7 heteroatoms. The summed E-state index contributed by atoms with van der Waals surface area (Å²) in [4.78, 5) is 21.6. The number of halogens is 1. The number of fused-ring (bicyclic) bond motifs is 1. The minimum absolute atomic E-state index is 0.0121. The number of nitrogens with zero attached hydrogens (tertiary/aromatic N) is 2. The monoisotopic (exact) mass is 459 g/mol. The number of hydrogen-bond acceptors (Lipinski definition) is 5. The standard InChI is InChI=1S/C26H22FN3O2S/c27-19-12-15(16-13-21(25(31)32)28-14-16)6-7-18(19)23-29-20-8-9-22(30-24(20)33-23)26(10-11-26)17-4-2-1-3-5-17/h1-9,12,16,21,28H,10-11,13-14H2,(H,31,32). The normalized spacial score (nSPS) is 21.4. The average Bonchev–Trinajstić information content (AvgIpc) is 3.28. The molecule has 1 saturated carbocycles. The van der Waals surface area contributed by atoms with E-state index < -0.39 is 12.0 Å². The summed E-state index contributed by atoms with van der Waals surface area (Å²) in [7, 11) is 0. The fourth-order valence-electron chi connectivity index (χ4n) is 4.91. The van der Waals surface area contributed by atoms with Gasteiger partial charge in [-0.1, -0.05) is 47.7 Å². The van der Waals surface area contributed by atoms with Crippen LogP contribution >= 0.6 is 11.3 Å². The summed E-state index contributed by atoms with van der Waals surface area (Å²) >= 11 is 1.41. The highest BCUT2D eigenvalue weighted by Gasteiger charge is 2.47. The molecule has 2 fully saturated rings. The zero-order valence-electron chi connectivity index (χ0n) is 17.8. The Bertz CT molecular complexity index is 1370. The van der Waals surface area contributed by atoms with Crippen molar-refractivity contribution >= 4 is 27.7 Å². The Kier molecular flexibility index (Phi) is 4.78. The van der Waals surface area contributed by atoms with Gasteiger partial charge in [-0.15, -0.1) is 0 Å². The van der Waals surface area contributed by atoms with Crippen molar-refractivity contribution in [3.8, 4) is 10.6 Å². The predicted octanol–water partition coefficient (Wildman–Crippen LogP) is 5.11. The van der Waals surface area contributed by atoms with Gasteiger partial charge in [0.25, 0.3) is 0 Å². The number of carboxylic acid groups (broad SMARTS) is 1. The summed E-state index contributed by atoms with van der Waals surface area (Å²) in [6.45, 7) is 0.534. The Hall–Kier alpha value is -3.16. The molecule has 2 N–H and O–H groups in total. The Balaban J connectivity index is 1.30. The van der Waals surface area contributed by atoms with Crippen LogP contribution in [-0.4, -0.2) is 33.6 Å². The van der Waals surface area contributed by atoms with E-state index in [1.165, 1.54) is 23.0 Å². The van der Waals surface area contributed by atoms with Crippen molar-refractivity contribution in [2.45, 2.75) is 36.6 Å². The first-order chi connectivity index (χ1) is 16.0. The van der Waals surface area contributed by atoms with E-state index >= 15 is 4.39 Å². The molecule has 2 atom stereocenters. The van der Waals surface area contributed by atoms with E-state index in [0.29, 0.717) is 23.5 Å². The lowest BCUT2D eigenvalue weighted by molar-refractivity contribution is -0.139. The maximum atomic E-state index is 15.1. The molecule has 5 nitrogen and oxygen atoms in total. The van der Waals surface area contributed by atoms with Crippen molar-refractivity contribution in [3.63, 3.8) is 0 Å². The van der Waals surface area contributed by atoms with Gasteiger partial charge in [-0.25, -0.2) is 14.4 Å². The molecule has 0 amide bonds. The van der Waals surface area contributed by atoms with Crippen molar-refractivity contribution in [2.75, 3.05) is 6.54 Å². The fraction of sp³-hybridized carbons (Fsp3) is 0.269. The predicted molar refractivity (Wildman–Crippen MR) is 126 cm³/mol. The van der Waals surface area contributed by atoms with Crippen LogP contribution in [0.1, 0.15) is 42.0 Å². The molecule has 2 aliphatic rings. The quantitative estimate of drug-likeness (QED) is 0.434. The zero-order valence-corrected chi connectivity index (χ0v) is 18.6. The number of benzene rings is 2. The third kappa shape index (κ3) is 3.52. The highest BCUT2D eigenvalue weighted by Crippen LogP contribution is 2.53. The summed E-state index contributed by atoms with van der Waals surface area (Å²) in [6, 6.07) is 19.1. The van der Waals surface area contributed by atoms with E-state index in [9.17, 15) is 9.90 Å². The van der Waals surface area contributed by atoms with Gasteiger partial charge in [-0.3, -0.25) is 4.79 Å². The zero-order chi connectivity index (χ0) is 22.6. The first-order valence-electron chi connectivity index (χ1n) is 11.1. The topological polar surface area (TPSA) is 75.1 Å². The molecule has 4 aromatic rings. The second kappa shape index (κ2) is 7.71. The van der Waals surface area contributed by atoms with Crippen LogP contribution in [0.25, 0.3) is 20.9 Å². The summed E-state index contributed by atoms with van der Waals surface area (Å²) in [5, 5.41) is 12.8. The van der Waals surface area contributed by atoms with Crippen molar-refractivity contribution in [3.05, 3.63) is 83.3 Å². The second-order valence-corrected chi connectivity index (χ2v) is 9.94. The van der Waals surface area contributed by atoms with Crippen LogP contribution < -0.4 is 5.32 Å². The van der Waals surface area contributed by atoms with Crippen molar-refractivity contribution in [1.29, 1.82) is 0 Å². The van der Waals surface area contributed by atoms with Crippen LogP contribution in [0.2, 0.25) is 0 Å². The van der Waals surface area contributed by atoms with Crippen molar-refractivity contribution < 1.29 is 14.3 Å². The maximum Gasteiger partial charge on any atom is 0.320 e. The summed E-state index contributed by atoms with van der Waals surface area (Å²) in [6.07, 6.45) is 2.62. The molecule has 166 valence electrons. The second-order valence-electron chi connectivity index (χ2n) is 8.96. The van der Waals surface area contributed by atoms with Crippen LogP contribution in [0.3, 0.4) is 0 Å². The largest absolute Gasteiger partial charge is 0.480 e. The molecule has 0 bridgehead atoms. The molecule has 0 spiro atoms. The highest BCUT2D eigenvalue weighted by atomic mass is 32.1. The minimum Gasteiger partial charge on any atom is -0.480 e. The number of aliphatic carboxylic acids is 1. The highest BCUT2D eigenvalue weighted by molar-refractivity contribution is 7.21. The lowest BCUT2D eigenvalue weighted by Gasteiger charge is -2.14. The van der Waals surface area contributed by atoms with Crippen molar-refractivity contribution in [2.24, 2.45) is 0 Å². The van der Waals surface area contributed by atoms with E-state index in [2.05, 4.69) is 40.6 Å². The number of carbonyl (C=O) groups is 1. The molecule has 33 heavy (non-hydrogen) atoms. The van der Waals surface area contributed by atoms with Gasteiger partial charge in [0.2, 0.25) is 0 Å². The Morgan fingerprint density at radius 3 is 2.61 bits per heavy atom. The number of pyridine rings is 1. The van der Waals surface area contributed by atoms with E-state index in [0.717, 1.165) is 34.4 Å². The molecule has 1 aliphatic heterocycles. The molecule has 0 radical (unpaired) electrons. The molecule has 2 unspecified atom stereocenters. The smallest absolute Gasteiger partial charge is 0.320 e. The van der Waals surface area contributed by atoms with Gasteiger partial charge in [0.05, 0.1) is 5.69 Å². The van der Waals surface area contributed by atoms with Gasteiger partial charge >= 0.3 is 5.97 Å². The van der Waals surface area contributed by atoms with E-state index in [4.69, 9.17) is 4.98 Å². The first kappa shape index (κ1) is 20.4. The number of hydrogen-bond donors (Lipinski definition) is 2. The van der Waals surface area contributed by atoms with Crippen LogP contribution in [0.15, 0.2) is 60.7 Å². The van der Waals surface area contributed by atoms with E-state index in [1.54, 1.807) is 6.07 Å². The minimum atomic E-state index is -0.865. The molecule has 1 aliphatic carbocycles. The van der Waals surface area contributed by atoms with E-state index in [1.807, 2.05) is 18.2 Å². The Morgan fingerprint density at radius 2 is 1.91 bits per heavy atom. The van der Waals surface area contributed by atoms with Crippen LogP contribution in [-0.2, 0) is 10.2 Å². The maximum absolute atomic E-state index is 15.1. The molecular weight excluding hydrogens is 437 g/mol. The van der Waals surface area contributed by atoms with E-state index in [-0.39, 0.29) is 17.2 Å². The third-order valence-electron chi connectivity index (χ3n) is 6.95.